The molecule has 6 heteroatoms. The summed E-state index contributed by atoms with van der Waals surface area (Å²) in [4.78, 5) is 12.6. The third-order valence-corrected chi connectivity index (χ3v) is 5.32. The van der Waals surface area contributed by atoms with Crippen LogP contribution in [0.25, 0.3) is 0 Å². The third-order valence-electron chi connectivity index (χ3n) is 5.32. The van der Waals surface area contributed by atoms with Gasteiger partial charge in [0, 0.05) is 30.0 Å². The van der Waals surface area contributed by atoms with Crippen LogP contribution in [0.5, 0.6) is 11.5 Å². The van der Waals surface area contributed by atoms with Gasteiger partial charge in [-0.1, -0.05) is 6.07 Å². The predicted octanol–water partition coefficient (Wildman–Crippen LogP) is 0.637. The Kier molecular flexibility index (Phi) is 3.14. The molecule has 0 aromatic heterocycles. The van der Waals surface area contributed by atoms with E-state index >= 15 is 0 Å². The van der Waals surface area contributed by atoms with Crippen molar-refractivity contribution in [3.05, 3.63) is 23.3 Å². The fourth-order valence-electron chi connectivity index (χ4n) is 4.48. The summed E-state index contributed by atoms with van der Waals surface area (Å²) in [7, 11) is 0. The van der Waals surface area contributed by atoms with Crippen LogP contribution in [0.15, 0.2) is 12.1 Å². The summed E-state index contributed by atoms with van der Waals surface area (Å²) in [6, 6.07) is 3.96. The molecule has 1 saturated heterocycles. The van der Waals surface area contributed by atoms with Gasteiger partial charge in [0.2, 0.25) is 0 Å². The van der Waals surface area contributed by atoms with Gasteiger partial charge in [-0.25, -0.2) is 5.48 Å². The summed E-state index contributed by atoms with van der Waals surface area (Å²) < 4.78 is 5.96. The van der Waals surface area contributed by atoms with E-state index in [1.165, 1.54) is 5.56 Å². The van der Waals surface area contributed by atoms with E-state index in [9.17, 15) is 9.90 Å². The number of carbonyl (C=O) groups excluding carboxylic acids is 1. The number of carbonyl (C=O) groups is 1. The van der Waals surface area contributed by atoms with Crippen molar-refractivity contribution < 1.29 is 19.8 Å². The first kappa shape index (κ1) is 14.0. The Morgan fingerprint density at radius 2 is 2.36 bits per heavy atom. The molecule has 1 fully saturated rings. The maximum Gasteiger partial charge on any atom is 0.175 e. The minimum Gasteiger partial charge on any atom is -0.504 e. The van der Waals surface area contributed by atoms with E-state index in [0.29, 0.717) is 11.8 Å². The number of rotatable bonds is 4. The molecule has 1 aromatic rings. The monoisotopic (exact) mass is 304 g/mol. The molecule has 2 heterocycles. The van der Waals surface area contributed by atoms with E-state index < -0.39 is 6.10 Å². The first-order valence-electron chi connectivity index (χ1n) is 7.81. The number of nitrogens with one attached hydrogen (secondary N) is 2. The van der Waals surface area contributed by atoms with Gasteiger partial charge in [-0.15, -0.1) is 0 Å². The zero-order chi connectivity index (χ0) is 15.3. The standard InChI is InChI=1S/C16H20N2O4/c19-11-2-1-9-7-10-8-16(4-6-17-10)13(9)14(11)22-15(16)12(20)3-5-18-21/h1-2,10,15,17-19,21H,3-8H2/t10?,15-,16?/m1/s1. The maximum absolute atomic E-state index is 12.6. The van der Waals surface area contributed by atoms with Crippen molar-refractivity contribution in [2.45, 2.75) is 43.2 Å². The zero-order valence-corrected chi connectivity index (χ0v) is 12.3. The molecule has 4 rings (SSSR count). The molecule has 0 amide bonds. The summed E-state index contributed by atoms with van der Waals surface area (Å²) in [6.45, 7) is 1.07. The maximum atomic E-state index is 12.6. The van der Waals surface area contributed by atoms with Gasteiger partial charge in [-0.2, -0.15) is 0 Å². The minimum atomic E-state index is -0.562. The number of hydroxylamine groups is 1. The van der Waals surface area contributed by atoms with Crippen LogP contribution in [0.4, 0.5) is 0 Å². The van der Waals surface area contributed by atoms with Gasteiger partial charge in [0.05, 0.1) is 0 Å². The van der Waals surface area contributed by atoms with Crippen LogP contribution >= 0.6 is 0 Å². The number of hydrogen-bond donors (Lipinski definition) is 4. The van der Waals surface area contributed by atoms with Crippen LogP contribution < -0.4 is 15.5 Å². The topological polar surface area (TPSA) is 90.8 Å². The van der Waals surface area contributed by atoms with Gasteiger partial charge >= 0.3 is 0 Å². The van der Waals surface area contributed by atoms with Crippen molar-refractivity contribution in [1.82, 2.24) is 10.8 Å². The number of ketones is 1. The number of phenols is 1. The molecule has 1 aromatic carbocycles. The Balaban J connectivity index is 1.80. The second kappa shape index (κ2) is 4.94. The lowest BCUT2D eigenvalue weighted by Gasteiger charge is -2.45. The van der Waals surface area contributed by atoms with E-state index in [-0.39, 0.29) is 29.9 Å². The number of phenolic OH excluding ortho intramolecular Hbond substituents is 1. The molecule has 2 aliphatic heterocycles. The van der Waals surface area contributed by atoms with Crippen molar-refractivity contribution in [3.8, 4) is 11.5 Å². The van der Waals surface area contributed by atoms with Crippen LogP contribution in [0.3, 0.4) is 0 Å². The zero-order valence-electron chi connectivity index (χ0n) is 12.3. The predicted molar refractivity (Wildman–Crippen MR) is 78.3 cm³/mol. The SMILES string of the molecule is O=C(CCNO)[C@H]1Oc2c(O)ccc3c2C12CCNC(C3)C2. The normalized spacial score (nSPS) is 31.5. The fourth-order valence-corrected chi connectivity index (χ4v) is 4.48. The van der Waals surface area contributed by atoms with Gasteiger partial charge in [0.1, 0.15) is 0 Å². The summed E-state index contributed by atoms with van der Waals surface area (Å²) >= 11 is 0. The number of Topliss-reactive ketones (excluding diaryl/α,β-unsaturated/α-hetero) is 1. The highest BCUT2D eigenvalue weighted by molar-refractivity contribution is 5.87. The highest BCUT2D eigenvalue weighted by Crippen LogP contribution is 2.56. The number of ether oxygens (including phenoxy) is 1. The Labute approximate surface area is 128 Å². The Morgan fingerprint density at radius 3 is 3.18 bits per heavy atom. The molecule has 0 saturated carbocycles. The van der Waals surface area contributed by atoms with E-state index in [4.69, 9.17) is 9.94 Å². The van der Waals surface area contributed by atoms with Crippen LogP contribution in [0.2, 0.25) is 0 Å². The molecule has 1 spiro atoms. The largest absolute Gasteiger partial charge is 0.504 e. The van der Waals surface area contributed by atoms with E-state index in [1.807, 2.05) is 11.5 Å². The molecular weight excluding hydrogens is 284 g/mol. The molecular formula is C16H20N2O4. The summed E-state index contributed by atoms with van der Waals surface area (Å²) in [6.07, 6.45) is 2.25. The molecule has 6 nitrogen and oxygen atoms in total. The van der Waals surface area contributed by atoms with E-state index in [2.05, 4.69) is 5.32 Å². The quantitative estimate of drug-likeness (QED) is 0.610. The molecule has 3 aliphatic rings. The minimum absolute atomic E-state index is 0.0225. The van der Waals surface area contributed by atoms with Gasteiger partial charge in [0.15, 0.2) is 23.4 Å². The second-order valence-electron chi connectivity index (χ2n) is 6.54. The number of piperidine rings is 1. The molecule has 1 aliphatic carbocycles. The van der Waals surface area contributed by atoms with Crippen molar-refractivity contribution >= 4 is 5.78 Å². The molecule has 118 valence electrons. The van der Waals surface area contributed by atoms with Gasteiger partial charge in [-0.05, 0) is 37.4 Å². The molecule has 2 bridgehead atoms. The van der Waals surface area contributed by atoms with E-state index in [1.54, 1.807) is 6.07 Å². The second-order valence-corrected chi connectivity index (χ2v) is 6.54. The molecule has 4 N–H and O–H groups in total. The van der Waals surface area contributed by atoms with Gasteiger partial charge < -0.3 is 20.4 Å². The van der Waals surface area contributed by atoms with Crippen LogP contribution in [-0.4, -0.2) is 41.3 Å². The summed E-state index contributed by atoms with van der Waals surface area (Å²) in [5, 5.41) is 22.4. The average molecular weight is 304 g/mol. The van der Waals surface area contributed by atoms with Crippen molar-refractivity contribution in [2.24, 2.45) is 0 Å². The first-order chi connectivity index (χ1) is 10.7. The van der Waals surface area contributed by atoms with Crippen molar-refractivity contribution in [3.63, 3.8) is 0 Å². The summed E-state index contributed by atoms with van der Waals surface area (Å²) in [5.74, 6) is 0.587. The van der Waals surface area contributed by atoms with E-state index in [0.717, 1.165) is 31.4 Å². The van der Waals surface area contributed by atoms with Gasteiger partial charge in [0.25, 0.3) is 0 Å². The fraction of sp³-hybridized carbons (Fsp3) is 0.562. The number of aromatic hydroxyl groups is 1. The average Bonchev–Trinajstić information content (AvgIpc) is 2.84. The third kappa shape index (κ3) is 1.81. The Morgan fingerprint density at radius 1 is 1.50 bits per heavy atom. The van der Waals surface area contributed by atoms with Crippen LogP contribution in [0, 0.1) is 0 Å². The number of benzene rings is 1. The molecule has 0 radical (unpaired) electrons. The van der Waals surface area contributed by atoms with Crippen molar-refractivity contribution in [2.75, 3.05) is 13.1 Å². The van der Waals surface area contributed by atoms with Crippen LogP contribution in [-0.2, 0) is 16.6 Å². The molecule has 3 atom stereocenters. The number of hydrogen-bond acceptors (Lipinski definition) is 6. The van der Waals surface area contributed by atoms with Crippen molar-refractivity contribution in [1.29, 1.82) is 0 Å². The highest BCUT2D eigenvalue weighted by atomic mass is 16.5. The highest BCUT2D eigenvalue weighted by Gasteiger charge is 2.57. The molecule has 22 heavy (non-hydrogen) atoms. The molecule has 2 unspecified atom stereocenters. The Hall–Kier alpha value is -1.63. The van der Waals surface area contributed by atoms with Crippen LogP contribution in [0.1, 0.15) is 30.4 Å². The summed E-state index contributed by atoms with van der Waals surface area (Å²) in [5.41, 5.74) is 3.91. The lowest BCUT2D eigenvalue weighted by Crippen LogP contribution is -2.56. The smallest absolute Gasteiger partial charge is 0.175 e. The number of fused-ring (bicyclic) bond motifs is 1. The lowest BCUT2D eigenvalue weighted by atomic mass is 9.61. The van der Waals surface area contributed by atoms with Gasteiger partial charge in [-0.3, -0.25) is 4.79 Å². The lowest BCUT2D eigenvalue weighted by molar-refractivity contribution is -0.129. The Bertz CT molecular complexity index is 633. The first-order valence-corrected chi connectivity index (χ1v) is 7.81.